The Morgan fingerprint density at radius 3 is 2.56 bits per heavy atom. The molecule has 4 nitrogen and oxygen atoms in total. The van der Waals surface area contributed by atoms with Crippen molar-refractivity contribution in [2.45, 2.75) is 33.4 Å². The van der Waals surface area contributed by atoms with Gasteiger partial charge < -0.3 is 15.2 Å². The zero-order valence-corrected chi connectivity index (χ0v) is 10.7. The third-order valence-corrected chi connectivity index (χ3v) is 3.12. The van der Waals surface area contributed by atoms with Gasteiger partial charge in [-0.2, -0.15) is 0 Å². The van der Waals surface area contributed by atoms with Crippen molar-refractivity contribution >= 4 is 5.91 Å². The summed E-state index contributed by atoms with van der Waals surface area (Å²) in [6, 6.07) is 1.99. The molecule has 1 aromatic rings. The molecule has 1 aromatic heterocycles. The van der Waals surface area contributed by atoms with Gasteiger partial charge >= 0.3 is 0 Å². The van der Waals surface area contributed by atoms with E-state index in [0.717, 1.165) is 6.54 Å². The van der Waals surface area contributed by atoms with E-state index in [1.807, 2.05) is 6.92 Å². The first-order valence-corrected chi connectivity index (χ1v) is 5.54. The van der Waals surface area contributed by atoms with Gasteiger partial charge in [0.1, 0.15) is 0 Å². The molecule has 1 unspecified atom stereocenters. The molecule has 1 heterocycles. The summed E-state index contributed by atoms with van der Waals surface area (Å²) in [5, 5.41) is 5.83. The summed E-state index contributed by atoms with van der Waals surface area (Å²) in [5.41, 5.74) is 3.73. The van der Waals surface area contributed by atoms with Crippen LogP contribution in [0.5, 0.6) is 0 Å². The quantitative estimate of drug-likeness (QED) is 0.795. The van der Waals surface area contributed by atoms with Crippen LogP contribution in [0.2, 0.25) is 0 Å². The van der Waals surface area contributed by atoms with Crippen molar-refractivity contribution < 1.29 is 4.79 Å². The second-order valence-electron chi connectivity index (χ2n) is 4.17. The minimum atomic E-state index is -0.162. The number of carbonyl (C=O) groups excluding carboxylic acids is 1. The Morgan fingerprint density at radius 1 is 1.50 bits per heavy atom. The fraction of sp³-hybridized carbons (Fsp3) is 0.583. The highest BCUT2D eigenvalue weighted by atomic mass is 16.2. The van der Waals surface area contributed by atoms with E-state index in [2.05, 4.69) is 42.2 Å². The predicted molar refractivity (Wildman–Crippen MR) is 65.3 cm³/mol. The van der Waals surface area contributed by atoms with Gasteiger partial charge in [0.2, 0.25) is 5.91 Å². The topological polar surface area (TPSA) is 46.1 Å². The predicted octanol–water partition coefficient (Wildman–Crippen LogP) is 0.866. The highest BCUT2D eigenvalue weighted by molar-refractivity contribution is 5.80. The number of hydrogen-bond donors (Lipinski definition) is 2. The van der Waals surface area contributed by atoms with Crippen LogP contribution in [0.4, 0.5) is 0 Å². The summed E-state index contributed by atoms with van der Waals surface area (Å²) in [6.45, 7) is 6.76. The summed E-state index contributed by atoms with van der Waals surface area (Å²) in [5.74, 6) is 0.0188. The minimum Gasteiger partial charge on any atom is -0.358 e. The molecule has 0 radical (unpaired) electrons. The zero-order valence-electron chi connectivity index (χ0n) is 10.7. The molecule has 0 aliphatic carbocycles. The van der Waals surface area contributed by atoms with E-state index in [0.29, 0.717) is 0 Å². The molecule has 90 valence electrons. The normalized spacial score (nSPS) is 12.6. The van der Waals surface area contributed by atoms with Gasteiger partial charge in [-0.15, -0.1) is 0 Å². The van der Waals surface area contributed by atoms with Crippen molar-refractivity contribution in [3.05, 3.63) is 23.0 Å². The third kappa shape index (κ3) is 2.64. The molecule has 0 bridgehead atoms. The molecule has 1 amide bonds. The van der Waals surface area contributed by atoms with E-state index in [1.165, 1.54) is 17.0 Å². The summed E-state index contributed by atoms with van der Waals surface area (Å²) in [4.78, 5) is 11.3. The largest absolute Gasteiger partial charge is 0.358 e. The Labute approximate surface area is 97.0 Å². The number of rotatable bonds is 4. The number of aryl methyl sites for hydroxylation is 1. The number of aromatic nitrogens is 1. The number of likely N-dealkylation sites (N-methyl/N-ethyl adjacent to an activating group) is 1. The summed E-state index contributed by atoms with van der Waals surface area (Å²) in [6.07, 6.45) is 0. The van der Waals surface area contributed by atoms with Gasteiger partial charge in [0, 0.05) is 32.0 Å². The van der Waals surface area contributed by atoms with Crippen molar-refractivity contribution in [2.75, 3.05) is 7.05 Å². The second-order valence-corrected chi connectivity index (χ2v) is 4.17. The Bertz CT molecular complexity index is 382. The van der Waals surface area contributed by atoms with Gasteiger partial charge in [-0.1, -0.05) is 0 Å². The molecule has 0 saturated heterocycles. The van der Waals surface area contributed by atoms with Crippen LogP contribution in [-0.4, -0.2) is 23.6 Å². The highest BCUT2D eigenvalue weighted by Crippen LogP contribution is 2.12. The molecule has 16 heavy (non-hydrogen) atoms. The lowest BCUT2D eigenvalue weighted by Gasteiger charge is -2.12. The number of amides is 1. The fourth-order valence-electron chi connectivity index (χ4n) is 1.68. The molecule has 1 atom stereocenters. The van der Waals surface area contributed by atoms with Crippen LogP contribution in [0.15, 0.2) is 6.07 Å². The van der Waals surface area contributed by atoms with Gasteiger partial charge in [-0.3, -0.25) is 4.79 Å². The molecule has 0 aliphatic rings. The van der Waals surface area contributed by atoms with Crippen molar-refractivity contribution in [1.82, 2.24) is 15.2 Å². The van der Waals surface area contributed by atoms with Crippen molar-refractivity contribution in [3.63, 3.8) is 0 Å². The molecular weight excluding hydrogens is 202 g/mol. The summed E-state index contributed by atoms with van der Waals surface area (Å²) >= 11 is 0. The maximum absolute atomic E-state index is 11.3. The van der Waals surface area contributed by atoms with Crippen LogP contribution in [0.3, 0.4) is 0 Å². The van der Waals surface area contributed by atoms with E-state index in [4.69, 9.17) is 0 Å². The number of nitrogens with zero attached hydrogens (tertiary/aromatic N) is 1. The van der Waals surface area contributed by atoms with Gasteiger partial charge in [-0.25, -0.2) is 0 Å². The zero-order chi connectivity index (χ0) is 12.3. The summed E-state index contributed by atoms with van der Waals surface area (Å²) < 4.78 is 2.15. The maximum atomic E-state index is 11.3. The van der Waals surface area contributed by atoms with Gasteiger partial charge in [0.05, 0.1) is 6.04 Å². The van der Waals surface area contributed by atoms with Crippen LogP contribution in [0.1, 0.15) is 23.9 Å². The van der Waals surface area contributed by atoms with Crippen LogP contribution in [-0.2, 0) is 18.4 Å². The van der Waals surface area contributed by atoms with E-state index in [9.17, 15) is 4.79 Å². The van der Waals surface area contributed by atoms with Crippen LogP contribution < -0.4 is 10.6 Å². The van der Waals surface area contributed by atoms with E-state index in [1.54, 1.807) is 7.05 Å². The Morgan fingerprint density at radius 2 is 2.12 bits per heavy atom. The molecule has 1 rings (SSSR count). The number of hydrogen-bond acceptors (Lipinski definition) is 2. The molecule has 0 saturated carbocycles. The SMILES string of the molecule is CNC(=O)C(C)NCc1cc(C)n(C)c1C. The average molecular weight is 223 g/mol. The number of nitrogens with one attached hydrogen (secondary N) is 2. The Balaban J connectivity index is 2.61. The lowest BCUT2D eigenvalue weighted by Crippen LogP contribution is -2.40. The molecule has 0 spiro atoms. The lowest BCUT2D eigenvalue weighted by molar-refractivity contribution is -0.122. The standard InChI is InChI=1S/C12H21N3O/c1-8-6-11(10(3)15(8)5)7-14-9(2)12(16)13-4/h6,9,14H,7H2,1-5H3,(H,13,16). The van der Waals surface area contributed by atoms with Gasteiger partial charge in [-0.05, 0) is 32.4 Å². The van der Waals surface area contributed by atoms with Crippen molar-refractivity contribution in [2.24, 2.45) is 7.05 Å². The van der Waals surface area contributed by atoms with Crippen LogP contribution in [0.25, 0.3) is 0 Å². The van der Waals surface area contributed by atoms with E-state index in [-0.39, 0.29) is 11.9 Å². The van der Waals surface area contributed by atoms with Crippen molar-refractivity contribution in [1.29, 1.82) is 0 Å². The lowest BCUT2D eigenvalue weighted by atomic mass is 10.2. The molecule has 2 N–H and O–H groups in total. The second kappa shape index (κ2) is 5.16. The maximum Gasteiger partial charge on any atom is 0.236 e. The fourth-order valence-corrected chi connectivity index (χ4v) is 1.68. The van der Waals surface area contributed by atoms with Gasteiger partial charge in [0.15, 0.2) is 0 Å². The van der Waals surface area contributed by atoms with Crippen molar-refractivity contribution in [3.8, 4) is 0 Å². The molecule has 4 heteroatoms. The Hall–Kier alpha value is -1.29. The Kier molecular flexibility index (Phi) is 4.12. The average Bonchev–Trinajstić information content (AvgIpc) is 2.52. The monoisotopic (exact) mass is 223 g/mol. The minimum absolute atomic E-state index is 0.0188. The molecule has 0 fully saturated rings. The van der Waals surface area contributed by atoms with Crippen LogP contribution in [0, 0.1) is 13.8 Å². The van der Waals surface area contributed by atoms with E-state index < -0.39 is 0 Å². The smallest absolute Gasteiger partial charge is 0.236 e. The molecule has 0 aromatic carbocycles. The van der Waals surface area contributed by atoms with Gasteiger partial charge in [0.25, 0.3) is 0 Å². The van der Waals surface area contributed by atoms with E-state index >= 15 is 0 Å². The molecule has 0 aliphatic heterocycles. The summed E-state index contributed by atoms with van der Waals surface area (Å²) in [7, 11) is 3.70. The molecular formula is C12H21N3O. The van der Waals surface area contributed by atoms with Crippen LogP contribution >= 0.6 is 0 Å². The highest BCUT2D eigenvalue weighted by Gasteiger charge is 2.11. The first-order chi connectivity index (χ1) is 7.47. The number of carbonyl (C=O) groups is 1. The first kappa shape index (κ1) is 12.8. The third-order valence-electron chi connectivity index (χ3n) is 3.12. The first-order valence-electron chi connectivity index (χ1n) is 5.54.